The normalized spacial score (nSPS) is 21.6. The van der Waals surface area contributed by atoms with Crippen LogP contribution in [0.15, 0.2) is 90.7 Å². The predicted octanol–water partition coefficient (Wildman–Crippen LogP) is 5.70. The Morgan fingerprint density at radius 1 is 0.889 bits per heavy atom. The van der Waals surface area contributed by atoms with E-state index in [0.717, 1.165) is 47.8 Å². The Hall–Kier alpha value is -3.57. The number of hydrogen-bond acceptors (Lipinski definition) is 5. The number of esters is 1. The second-order valence-corrected chi connectivity index (χ2v) is 9.71. The summed E-state index contributed by atoms with van der Waals surface area (Å²) < 4.78 is 17.2. The van der Waals surface area contributed by atoms with E-state index in [1.165, 1.54) is 5.56 Å². The zero-order chi connectivity index (χ0) is 25.1. The molecule has 1 saturated heterocycles. The van der Waals surface area contributed by atoms with Crippen LogP contribution >= 0.6 is 0 Å². The molecule has 2 aliphatic rings. The molecule has 5 heteroatoms. The summed E-state index contributed by atoms with van der Waals surface area (Å²) in [5, 5.41) is 0. The van der Waals surface area contributed by atoms with Gasteiger partial charge in [0.25, 0.3) is 0 Å². The SMILES string of the molecule is COc1ccc([C@@]23CCC(OC(=O)C(c4ccccc4)c4ccccc4)=C[C@@H]2N(C)CC3)cc1OC. The van der Waals surface area contributed by atoms with Gasteiger partial charge in [0, 0.05) is 17.9 Å². The third-order valence-corrected chi connectivity index (χ3v) is 7.80. The van der Waals surface area contributed by atoms with E-state index >= 15 is 0 Å². The quantitative estimate of drug-likeness (QED) is 0.404. The lowest BCUT2D eigenvalue weighted by Crippen LogP contribution is -2.42. The van der Waals surface area contributed by atoms with Gasteiger partial charge in [-0.3, -0.25) is 9.69 Å². The van der Waals surface area contributed by atoms with Gasteiger partial charge in [0.2, 0.25) is 0 Å². The number of likely N-dealkylation sites (tertiary alicyclic amines) is 1. The Labute approximate surface area is 213 Å². The van der Waals surface area contributed by atoms with Crippen LogP contribution < -0.4 is 9.47 Å². The van der Waals surface area contributed by atoms with Crippen molar-refractivity contribution in [2.24, 2.45) is 0 Å². The summed E-state index contributed by atoms with van der Waals surface area (Å²) in [6, 6.07) is 26.1. The van der Waals surface area contributed by atoms with E-state index in [-0.39, 0.29) is 17.4 Å². The highest BCUT2D eigenvalue weighted by molar-refractivity contribution is 5.83. The van der Waals surface area contributed by atoms with Gasteiger partial charge in [0.15, 0.2) is 11.5 Å². The number of likely N-dealkylation sites (N-methyl/N-ethyl adjacent to an activating group) is 1. The lowest BCUT2D eigenvalue weighted by atomic mass is 9.68. The zero-order valence-corrected chi connectivity index (χ0v) is 21.1. The van der Waals surface area contributed by atoms with Crippen LogP contribution in [0.4, 0.5) is 0 Å². The lowest BCUT2D eigenvalue weighted by Gasteiger charge is -2.40. The third-order valence-electron chi connectivity index (χ3n) is 7.80. The van der Waals surface area contributed by atoms with Crippen molar-refractivity contribution in [2.75, 3.05) is 27.8 Å². The minimum absolute atomic E-state index is 0.0531. The number of ether oxygens (including phenoxy) is 3. The Kier molecular flexibility index (Phi) is 6.84. The monoisotopic (exact) mass is 483 g/mol. The molecule has 3 aromatic carbocycles. The molecule has 1 heterocycles. The van der Waals surface area contributed by atoms with Gasteiger partial charge in [-0.15, -0.1) is 0 Å². The second-order valence-electron chi connectivity index (χ2n) is 9.71. The molecular weight excluding hydrogens is 450 g/mol. The number of carbonyl (C=O) groups is 1. The van der Waals surface area contributed by atoms with Crippen molar-refractivity contribution in [3.8, 4) is 11.5 Å². The Morgan fingerprint density at radius 2 is 1.53 bits per heavy atom. The van der Waals surface area contributed by atoms with Gasteiger partial charge < -0.3 is 14.2 Å². The van der Waals surface area contributed by atoms with E-state index in [1.54, 1.807) is 14.2 Å². The van der Waals surface area contributed by atoms with Gasteiger partial charge in [0.1, 0.15) is 11.7 Å². The standard InChI is InChI=1S/C31H33NO4/c1-32-19-18-31(24-14-15-26(34-2)27(20-24)35-3)17-16-25(21-28(31)32)36-30(33)29(22-10-6-4-7-11-22)23-12-8-5-9-13-23/h4-15,20-21,28-29H,16-19H2,1-3H3/t28-,31-/m0/s1. The molecule has 186 valence electrons. The number of allylic oxidation sites excluding steroid dienone is 1. The van der Waals surface area contributed by atoms with Crippen LogP contribution in [0.2, 0.25) is 0 Å². The maximum absolute atomic E-state index is 13.6. The minimum atomic E-state index is -0.466. The van der Waals surface area contributed by atoms with Crippen molar-refractivity contribution >= 4 is 5.97 Å². The van der Waals surface area contributed by atoms with E-state index in [1.807, 2.05) is 66.7 Å². The van der Waals surface area contributed by atoms with E-state index < -0.39 is 5.92 Å². The largest absolute Gasteiger partial charge is 0.493 e. The fraction of sp³-hybridized carbons (Fsp3) is 0.323. The molecule has 0 bridgehead atoms. The highest BCUT2D eigenvalue weighted by Crippen LogP contribution is 2.49. The van der Waals surface area contributed by atoms with Crippen molar-refractivity contribution in [1.82, 2.24) is 4.90 Å². The van der Waals surface area contributed by atoms with Crippen LogP contribution in [0.5, 0.6) is 11.5 Å². The van der Waals surface area contributed by atoms with Crippen LogP contribution in [0.3, 0.4) is 0 Å². The van der Waals surface area contributed by atoms with Crippen LogP contribution in [0.25, 0.3) is 0 Å². The fourth-order valence-corrected chi connectivity index (χ4v) is 5.88. The average Bonchev–Trinajstić information content (AvgIpc) is 3.26. The zero-order valence-electron chi connectivity index (χ0n) is 21.1. The van der Waals surface area contributed by atoms with Crippen LogP contribution in [-0.4, -0.2) is 44.7 Å². The van der Waals surface area contributed by atoms with Crippen molar-refractivity contribution in [3.05, 3.63) is 107 Å². The first-order chi connectivity index (χ1) is 17.6. The van der Waals surface area contributed by atoms with Gasteiger partial charge in [-0.1, -0.05) is 66.7 Å². The van der Waals surface area contributed by atoms with E-state index in [0.29, 0.717) is 6.42 Å². The first-order valence-corrected chi connectivity index (χ1v) is 12.5. The summed E-state index contributed by atoms with van der Waals surface area (Å²) in [6.45, 7) is 0.980. The Balaban J connectivity index is 1.44. The average molecular weight is 484 g/mol. The number of rotatable bonds is 7. The predicted molar refractivity (Wildman–Crippen MR) is 140 cm³/mol. The molecule has 1 aliphatic heterocycles. The molecule has 5 nitrogen and oxygen atoms in total. The number of nitrogens with zero attached hydrogens (tertiary/aromatic N) is 1. The Bertz CT molecular complexity index is 1200. The topological polar surface area (TPSA) is 48.0 Å². The van der Waals surface area contributed by atoms with Crippen molar-refractivity contribution in [3.63, 3.8) is 0 Å². The molecule has 0 N–H and O–H groups in total. The molecule has 0 amide bonds. The van der Waals surface area contributed by atoms with Gasteiger partial charge in [-0.2, -0.15) is 0 Å². The molecule has 0 saturated carbocycles. The molecule has 0 spiro atoms. The van der Waals surface area contributed by atoms with Crippen LogP contribution in [0.1, 0.15) is 41.9 Å². The molecule has 3 aromatic rings. The van der Waals surface area contributed by atoms with Crippen LogP contribution in [-0.2, 0) is 14.9 Å². The van der Waals surface area contributed by atoms with Crippen molar-refractivity contribution < 1.29 is 19.0 Å². The second kappa shape index (κ2) is 10.2. The summed E-state index contributed by atoms with van der Waals surface area (Å²) in [7, 11) is 5.47. The number of hydrogen-bond donors (Lipinski definition) is 0. The molecule has 0 radical (unpaired) electrons. The molecule has 36 heavy (non-hydrogen) atoms. The molecule has 5 rings (SSSR count). The van der Waals surface area contributed by atoms with E-state index in [9.17, 15) is 4.79 Å². The van der Waals surface area contributed by atoms with Gasteiger partial charge >= 0.3 is 5.97 Å². The van der Waals surface area contributed by atoms with Gasteiger partial charge in [-0.05, 0) is 61.3 Å². The summed E-state index contributed by atoms with van der Waals surface area (Å²) in [4.78, 5) is 15.9. The molecule has 1 fully saturated rings. The first kappa shape index (κ1) is 24.1. The van der Waals surface area contributed by atoms with E-state index in [4.69, 9.17) is 14.2 Å². The molecule has 1 aliphatic carbocycles. The summed E-state index contributed by atoms with van der Waals surface area (Å²) in [5.41, 5.74) is 3.05. The van der Waals surface area contributed by atoms with Gasteiger partial charge in [0.05, 0.1) is 14.2 Å². The Morgan fingerprint density at radius 3 is 2.14 bits per heavy atom. The molecular formula is C31H33NO4. The van der Waals surface area contributed by atoms with Crippen molar-refractivity contribution in [1.29, 1.82) is 0 Å². The lowest BCUT2D eigenvalue weighted by molar-refractivity contribution is -0.140. The van der Waals surface area contributed by atoms with Gasteiger partial charge in [-0.25, -0.2) is 0 Å². The summed E-state index contributed by atoms with van der Waals surface area (Å²) in [6.07, 6.45) is 4.81. The van der Waals surface area contributed by atoms with E-state index in [2.05, 4.69) is 30.2 Å². The van der Waals surface area contributed by atoms with Crippen molar-refractivity contribution in [2.45, 2.75) is 36.6 Å². The molecule has 2 atom stereocenters. The number of carbonyl (C=O) groups excluding carboxylic acids is 1. The third kappa shape index (κ3) is 4.40. The first-order valence-electron chi connectivity index (χ1n) is 12.5. The molecule has 0 unspecified atom stereocenters. The maximum Gasteiger partial charge on any atom is 0.322 e. The highest BCUT2D eigenvalue weighted by atomic mass is 16.5. The maximum atomic E-state index is 13.6. The smallest absolute Gasteiger partial charge is 0.322 e. The highest BCUT2D eigenvalue weighted by Gasteiger charge is 2.49. The number of fused-ring (bicyclic) bond motifs is 1. The number of benzene rings is 3. The molecule has 0 aromatic heterocycles. The summed E-state index contributed by atoms with van der Waals surface area (Å²) in [5.74, 6) is 1.53. The summed E-state index contributed by atoms with van der Waals surface area (Å²) >= 11 is 0. The number of methoxy groups -OCH3 is 2. The minimum Gasteiger partial charge on any atom is -0.493 e. The fourth-order valence-electron chi connectivity index (χ4n) is 5.88. The van der Waals surface area contributed by atoms with Crippen LogP contribution in [0, 0.1) is 0 Å².